The highest BCUT2D eigenvalue weighted by molar-refractivity contribution is 5.39. The van der Waals surface area contributed by atoms with E-state index in [1.807, 2.05) is 6.92 Å². The maximum Gasteiger partial charge on any atom is 0.252 e. The monoisotopic (exact) mass is 178 g/mol. The lowest BCUT2D eigenvalue weighted by molar-refractivity contribution is 0.900. The number of aryl methyl sites for hydroxylation is 1. The number of aromatic nitrogens is 1. The van der Waals surface area contributed by atoms with E-state index >= 15 is 0 Å². The second kappa shape index (κ2) is 3.00. The molecule has 2 rings (SSSR count). The number of fused-ring (bicyclic) bond motifs is 1. The summed E-state index contributed by atoms with van der Waals surface area (Å²) < 4.78 is 0. The molecule has 0 aliphatic heterocycles. The molecule has 3 N–H and O–H groups in total. The molecule has 1 aromatic rings. The third-order valence-corrected chi connectivity index (χ3v) is 2.81. The molecule has 0 saturated heterocycles. The lowest BCUT2D eigenvalue weighted by Crippen LogP contribution is -2.20. The molecule has 0 atom stereocenters. The van der Waals surface area contributed by atoms with Crippen LogP contribution in [0.25, 0.3) is 0 Å². The molecule has 3 heteroatoms. The van der Waals surface area contributed by atoms with Crippen molar-refractivity contribution in [2.45, 2.75) is 32.7 Å². The Morgan fingerprint density at radius 2 is 2.08 bits per heavy atom. The third kappa shape index (κ3) is 1.20. The summed E-state index contributed by atoms with van der Waals surface area (Å²) in [7, 11) is 0. The molecule has 0 saturated carbocycles. The van der Waals surface area contributed by atoms with Crippen LogP contribution in [0.3, 0.4) is 0 Å². The SMILES string of the molecule is Cc1[nH]c(=O)c(CN)c2c1CCC2. The molecule has 0 spiro atoms. The van der Waals surface area contributed by atoms with Gasteiger partial charge in [-0.05, 0) is 37.3 Å². The molecule has 1 aliphatic rings. The second-order valence-corrected chi connectivity index (χ2v) is 3.57. The lowest BCUT2D eigenvalue weighted by Gasteiger charge is -2.07. The average Bonchev–Trinajstić information content (AvgIpc) is 2.53. The van der Waals surface area contributed by atoms with Crippen LogP contribution in [-0.2, 0) is 19.4 Å². The molecule has 0 radical (unpaired) electrons. The Balaban J connectivity index is 2.72. The maximum atomic E-state index is 11.5. The van der Waals surface area contributed by atoms with Crippen molar-refractivity contribution in [1.29, 1.82) is 0 Å². The van der Waals surface area contributed by atoms with Gasteiger partial charge >= 0.3 is 0 Å². The molecule has 3 nitrogen and oxygen atoms in total. The van der Waals surface area contributed by atoms with Gasteiger partial charge in [-0.25, -0.2) is 0 Å². The van der Waals surface area contributed by atoms with Crippen molar-refractivity contribution in [3.63, 3.8) is 0 Å². The van der Waals surface area contributed by atoms with E-state index in [0.29, 0.717) is 6.54 Å². The Morgan fingerprint density at radius 1 is 1.38 bits per heavy atom. The van der Waals surface area contributed by atoms with Crippen LogP contribution in [0.15, 0.2) is 4.79 Å². The minimum atomic E-state index is 0.000602. The summed E-state index contributed by atoms with van der Waals surface area (Å²) in [5, 5.41) is 0. The van der Waals surface area contributed by atoms with Crippen LogP contribution in [0.4, 0.5) is 0 Å². The van der Waals surface area contributed by atoms with E-state index in [1.165, 1.54) is 11.1 Å². The van der Waals surface area contributed by atoms with Gasteiger partial charge in [0.2, 0.25) is 0 Å². The smallest absolute Gasteiger partial charge is 0.252 e. The Kier molecular flexibility index (Phi) is 1.96. The molecule has 0 aromatic carbocycles. The zero-order chi connectivity index (χ0) is 9.42. The predicted octanol–water partition coefficient (Wildman–Crippen LogP) is 0.631. The van der Waals surface area contributed by atoms with Crippen molar-refractivity contribution in [1.82, 2.24) is 4.98 Å². The first-order valence-corrected chi connectivity index (χ1v) is 4.67. The summed E-state index contributed by atoms with van der Waals surface area (Å²) in [6.45, 7) is 2.32. The number of aromatic amines is 1. The van der Waals surface area contributed by atoms with Gasteiger partial charge in [0.05, 0.1) is 0 Å². The van der Waals surface area contributed by atoms with Gasteiger partial charge in [-0.15, -0.1) is 0 Å². The zero-order valence-electron chi connectivity index (χ0n) is 7.81. The molecule has 1 aliphatic carbocycles. The topological polar surface area (TPSA) is 58.9 Å². The Hall–Kier alpha value is -1.09. The first-order chi connectivity index (χ1) is 6.24. The van der Waals surface area contributed by atoms with Crippen molar-refractivity contribution in [3.05, 3.63) is 32.7 Å². The summed E-state index contributed by atoms with van der Waals surface area (Å²) in [5.41, 5.74) is 9.90. The van der Waals surface area contributed by atoms with Gasteiger partial charge in [-0.1, -0.05) is 0 Å². The van der Waals surface area contributed by atoms with E-state index in [0.717, 1.165) is 30.5 Å². The van der Waals surface area contributed by atoms with Crippen molar-refractivity contribution >= 4 is 0 Å². The lowest BCUT2D eigenvalue weighted by atomic mass is 10.0. The van der Waals surface area contributed by atoms with E-state index in [4.69, 9.17) is 5.73 Å². The summed E-state index contributed by atoms with van der Waals surface area (Å²) in [6, 6.07) is 0. The van der Waals surface area contributed by atoms with Gasteiger partial charge in [0, 0.05) is 17.8 Å². The molecule has 1 heterocycles. The van der Waals surface area contributed by atoms with Crippen molar-refractivity contribution in [3.8, 4) is 0 Å². The molecule has 0 amide bonds. The van der Waals surface area contributed by atoms with Crippen LogP contribution in [0.1, 0.15) is 28.8 Å². The molecular weight excluding hydrogens is 164 g/mol. The van der Waals surface area contributed by atoms with Gasteiger partial charge in [0.15, 0.2) is 0 Å². The zero-order valence-corrected chi connectivity index (χ0v) is 7.81. The molecule has 70 valence electrons. The highest BCUT2D eigenvalue weighted by Gasteiger charge is 2.18. The largest absolute Gasteiger partial charge is 0.326 e. The quantitative estimate of drug-likeness (QED) is 0.662. The molecule has 0 unspecified atom stereocenters. The van der Waals surface area contributed by atoms with Crippen LogP contribution >= 0.6 is 0 Å². The number of nitrogens with two attached hydrogens (primary N) is 1. The highest BCUT2D eigenvalue weighted by Crippen LogP contribution is 2.24. The molecule has 1 aromatic heterocycles. The minimum Gasteiger partial charge on any atom is -0.326 e. The number of pyridine rings is 1. The molecular formula is C10H14N2O. The van der Waals surface area contributed by atoms with E-state index < -0.39 is 0 Å². The van der Waals surface area contributed by atoms with Gasteiger partial charge in [0.25, 0.3) is 5.56 Å². The van der Waals surface area contributed by atoms with Gasteiger partial charge in [0.1, 0.15) is 0 Å². The van der Waals surface area contributed by atoms with Crippen LogP contribution in [0.2, 0.25) is 0 Å². The normalized spacial score (nSPS) is 14.6. The van der Waals surface area contributed by atoms with E-state index in [1.54, 1.807) is 0 Å². The Bertz CT molecular complexity index is 393. The third-order valence-electron chi connectivity index (χ3n) is 2.81. The van der Waals surface area contributed by atoms with Crippen LogP contribution in [0.5, 0.6) is 0 Å². The molecule has 13 heavy (non-hydrogen) atoms. The van der Waals surface area contributed by atoms with Crippen LogP contribution < -0.4 is 11.3 Å². The number of rotatable bonds is 1. The first kappa shape index (κ1) is 8.51. The fourth-order valence-electron chi connectivity index (χ4n) is 2.16. The number of nitrogens with one attached hydrogen (secondary N) is 1. The van der Waals surface area contributed by atoms with E-state index in [9.17, 15) is 4.79 Å². The molecule has 0 bridgehead atoms. The number of hydrogen-bond acceptors (Lipinski definition) is 2. The summed E-state index contributed by atoms with van der Waals surface area (Å²) in [4.78, 5) is 14.3. The van der Waals surface area contributed by atoms with E-state index in [-0.39, 0.29) is 5.56 Å². The molecule has 0 fully saturated rings. The van der Waals surface area contributed by atoms with Crippen molar-refractivity contribution < 1.29 is 0 Å². The van der Waals surface area contributed by atoms with Gasteiger partial charge in [-0.3, -0.25) is 4.79 Å². The van der Waals surface area contributed by atoms with Crippen molar-refractivity contribution in [2.24, 2.45) is 5.73 Å². The Labute approximate surface area is 77.0 Å². The number of H-pyrrole nitrogens is 1. The second-order valence-electron chi connectivity index (χ2n) is 3.57. The number of hydrogen-bond donors (Lipinski definition) is 2. The maximum absolute atomic E-state index is 11.5. The van der Waals surface area contributed by atoms with Crippen molar-refractivity contribution in [2.75, 3.05) is 0 Å². The summed E-state index contributed by atoms with van der Waals surface area (Å²) >= 11 is 0. The fraction of sp³-hybridized carbons (Fsp3) is 0.500. The Morgan fingerprint density at radius 3 is 2.77 bits per heavy atom. The van der Waals surface area contributed by atoms with Gasteiger partial charge < -0.3 is 10.7 Å². The minimum absolute atomic E-state index is 0.000602. The highest BCUT2D eigenvalue weighted by atomic mass is 16.1. The fourth-order valence-corrected chi connectivity index (χ4v) is 2.16. The van der Waals surface area contributed by atoms with Crippen LogP contribution in [0, 0.1) is 6.92 Å². The van der Waals surface area contributed by atoms with Gasteiger partial charge in [-0.2, -0.15) is 0 Å². The first-order valence-electron chi connectivity index (χ1n) is 4.67. The average molecular weight is 178 g/mol. The van der Waals surface area contributed by atoms with Crippen LogP contribution in [-0.4, -0.2) is 4.98 Å². The summed E-state index contributed by atoms with van der Waals surface area (Å²) in [5.74, 6) is 0. The summed E-state index contributed by atoms with van der Waals surface area (Å²) in [6.07, 6.45) is 3.26. The predicted molar refractivity (Wildman–Crippen MR) is 51.7 cm³/mol. The van der Waals surface area contributed by atoms with E-state index in [2.05, 4.69) is 4.98 Å². The standard InChI is InChI=1S/C10H14N2O/c1-6-7-3-2-4-8(7)9(5-11)10(13)12-6/h2-5,11H2,1H3,(H,12,13).